The van der Waals surface area contributed by atoms with Crippen molar-refractivity contribution in [3.8, 4) is 5.75 Å². The fourth-order valence-corrected chi connectivity index (χ4v) is 6.48. The molecule has 0 saturated carbocycles. The first kappa shape index (κ1) is 36.9. The van der Waals surface area contributed by atoms with Gasteiger partial charge in [-0.25, -0.2) is 14.8 Å². The van der Waals surface area contributed by atoms with Gasteiger partial charge in [0.25, 0.3) is 5.91 Å². The molecule has 278 valence electrons. The molecule has 2 fully saturated rings. The number of piperidine rings is 1. The smallest absolute Gasteiger partial charge is 0.419 e. The Morgan fingerprint density at radius 2 is 1.74 bits per heavy atom. The van der Waals surface area contributed by atoms with E-state index in [4.69, 9.17) is 4.74 Å². The van der Waals surface area contributed by atoms with E-state index in [9.17, 15) is 27.6 Å². The molecule has 4 aromatic rings. The number of rotatable bonds is 11. The van der Waals surface area contributed by atoms with E-state index in [1.54, 1.807) is 24.4 Å². The van der Waals surface area contributed by atoms with E-state index in [-0.39, 0.29) is 35.1 Å². The molecule has 0 radical (unpaired) electrons. The second kappa shape index (κ2) is 15.8. The van der Waals surface area contributed by atoms with Crippen LogP contribution < -0.4 is 35.8 Å². The van der Waals surface area contributed by atoms with Crippen molar-refractivity contribution in [1.29, 1.82) is 0 Å². The summed E-state index contributed by atoms with van der Waals surface area (Å²) in [4.78, 5) is 50.5. The molecular weight excluding hydrogens is 691 g/mol. The molecule has 2 saturated heterocycles. The number of pyridine rings is 2. The van der Waals surface area contributed by atoms with Crippen molar-refractivity contribution in [2.24, 2.45) is 0 Å². The normalized spacial score (nSPS) is 15.3. The highest BCUT2D eigenvalue weighted by Crippen LogP contribution is 2.39. The summed E-state index contributed by atoms with van der Waals surface area (Å²) in [5.41, 5.74) is 1.63. The van der Waals surface area contributed by atoms with Gasteiger partial charge in [-0.15, -0.1) is 0 Å². The number of halogens is 3. The van der Waals surface area contributed by atoms with E-state index >= 15 is 0 Å². The number of benzene rings is 2. The minimum Gasteiger partial charge on any atom is -0.494 e. The van der Waals surface area contributed by atoms with E-state index in [1.165, 1.54) is 37.3 Å². The van der Waals surface area contributed by atoms with Crippen molar-refractivity contribution in [2.75, 3.05) is 61.3 Å². The number of urea groups is 1. The van der Waals surface area contributed by atoms with E-state index in [2.05, 4.69) is 48.1 Å². The molecule has 6 rings (SSSR count). The monoisotopic (exact) mass is 731 g/mol. The van der Waals surface area contributed by atoms with Gasteiger partial charge in [0.1, 0.15) is 17.4 Å². The first-order valence-corrected chi connectivity index (χ1v) is 17.1. The molecule has 0 unspecified atom stereocenters. The van der Waals surface area contributed by atoms with Crippen LogP contribution in [0, 0.1) is 0 Å². The Bertz CT molecular complexity index is 1970. The van der Waals surface area contributed by atoms with Crippen LogP contribution in [0.3, 0.4) is 0 Å². The molecule has 13 nitrogen and oxygen atoms in total. The van der Waals surface area contributed by atoms with Crippen LogP contribution in [0.15, 0.2) is 73.1 Å². The lowest BCUT2D eigenvalue weighted by molar-refractivity contribution is -0.137. The lowest BCUT2D eigenvalue weighted by Crippen LogP contribution is -2.49. The maximum Gasteiger partial charge on any atom is 0.419 e. The fourth-order valence-electron chi connectivity index (χ4n) is 6.48. The summed E-state index contributed by atoms with van der Waals surface area (Å²) in [5.74, 6) is 0.412. The molecule has 2 aliphatic heterocycles. The van der Waals surface area contributed by atoms with Crippen LogP contribution in [0.2, 0.25) is 0 Å². The highest BCUT2D eigenvalue weighted by Gasteiger charge is 2.35. The largest absolute Gasteiger partial charge is 0.494 e. The van der Waals surface area contributed by atoms with Crippen molar-refractivity contribution in [1.82, 2.24) is 25.5 Å². The first-order chi connectivity index (χ1) is 25.4. The summed E-state index contributed by atoms with van der Waals surface area (Å²) in [6, 6.07) is 16.8. The number of anilines is 6. The lowest BCUT2D eigenvalue weighted by atomic mass is 10.0. The predicted molar refractivity (Wildman–Crippen MR) is 195 cm³/mol. The zero-order chi connectivity index (χ0) is 37.7. The number of hydrogen-bond acceptors (Lipinski definition) is 10. The Morgan fingerprint density at radius 3 is 2.42 bits per heavy atom. The lowest BCUT2D eigenvalue weighted by Gasteiger charge is -2.38. The molecule has 2 aliphatic rings. The quantitative estimate of drug-likeness (QED) is 0.147. The molecule has 2 aromatic carbocycles. The number of alkyl halides is 3. The van der Waals surface area contributed by atoms with Crippen molar-refractivity contribution in [2.45, 2.75) is 38.0 Å². The van der Waals surface area contributed by atoms with Gasteiger partial charge >= 0.3 is 12.2 Å². The Labute approximate surface area is 304 Å². The van der Waals surface area contributed by atoms with E-state index in [0.717, 1.165) is 43.4 Å². The topological polar surface area (TPSA) is 144 Å². The Hall–Kier alpha value is -5.90. The van der Waals surface area contributed by atoms with Gasteiger partial charge in [-0.1, -0.05) is 18.2 Å². The predicted octanol–water partition coefficient (Wildman–Crippen LogP) is 5.90. The number of nitrogens with one attached hydrogen (secondary N) is 4. The molecular formula is C37H40F3N9O4. The van der Waals surface area contributed by atoms with Crippen molar-refractivity contribution in [3.05, 3.63) is 89.7 Å². The van der Waals surface area contributed by atoms with Crippen LogP contribution >= 0.6 is 0 Å². The molecule has 0 aliphatic carbocycles. The third-order valence-electron chi connectivity index (χ3n) is 9.35. The van der Waals surface area contributed by atoms with Gasteiger partial charge < -0.3 is 25.6 Å². The standard InChI is InChI=1S/C37H40F3N9O4/c1-41-35(51)26-6-4-5-7-28(26)44-30-19-32(42-21-27(30)37(38,39)40)45-29-10-9-25(18-31(29)53-3)48-15-12-24(13-16-48)47(2)22-23-8-11-33(43-20-23)49-17-14-34(50)46-36(49)52/h4-11,18-21,24H,12-17,22H2,1-3H3,(H,41,51)(H2,42,44,45)(H,46,50,52). The number of para-hydroxylation sites is 1. The molecule has 0 atom stereocenters. The molecule has 4 N–H and O–H groups in total. The SMILES string of the molecule is CNC(=O)c1ccccc1Nc1cc(Nc2ccc(N3CCC(N(C)Cc4ccc(N5CCC(=O)NC5=O)nc4)CC3)cc2OC)ncc1C(F)(F)F. The van der Waals surface area contributed by atoms with Crippen LogP contribution in [0.1, 0.15) is 40.7 Å². The molecule has 4 heterocycles. The minimum absolute atomic E-state index is 0.145. The number of ether oxygens (including phenoxy) is 1. The average Bonchev–Trinajstić information content (AvgIpc) is 3.15. The first-order valence-electron chi connectivity index (χ1n) is 17.1. The number of methoxy groups -OCH3 is 1. The highest BCUT2D eigenvalue weighted by atomic mass is 19.4. The van der Waals surface area contributed by atoms with Gasteiger partial charge in [-0.2, -0.15) is 13.2 Å². The van der Waals surface area contributed by atoms with Crippen LogP contribution in [0.4, 0.5) is 52.4 Å². The van der Waals surface area contributed by atoms with Crippen LogP contribution in [0.25, 0.3) is 0 Å². The summed E-state index contributed by atoms with van der Waals surface area (Å²) in [7, 11) is 5.05. The molecule has 4 amide bonds. The van der Waals surface area contributed by atoms with Crippen molar-refractivity contribution in [3.63, 3.8) is 0 Å². The summed E-state index contributed by atoms with van der Waals surface area (Å²) >= 11 is 0. The minimum atomic E-state index is -4.70. The molecule has 0 bridgehead atoms. The number of carbonyl (C=O) groups excluding carboxylic acids is 3. The molecule has 53 heavy (non-hydrogen) atoms. The summed E-state index contributed by atoms with van der Waals surface area (Å²) in [6.45, 7) is 2.59. The molecule has 2 aromatic heterocycles. The van der Waals surface area contributed by atoms with Crippen LogP contribution in [0.5, 0.6) is 5.75 Å². The summed E-state index contributed by atoms with van der Waals surface area (Å²) < 4.78 is 47.7. The number of nitrogens with zero attached hydrogens (tertiary/aromatic N) is 5. The van der Waals surface area contributed by atoms with E-state index < -0.39 is 23.7 Å². The van der Waals surface area contributed by atoms with Gasteiger partial charge in [0.15, 0.2) is 0 Å². The second-order valence-electron chi connectivity index (χ2n) is 12.8. The van der Waals surface area contributed by atoms with Crippen LogP contribution in [-0.2, 0) is 17.5 Å². The molecule has 0 spiro atoms. The van der Waals surface area contributed by atoms with Gasteiger partial charge in [0.2, 0.25) is 5.91 Å². The average molecular weight is 732 g/mol. The number of aromatic nitrogens is 2. The van der Waals surface area contributed by atoms with Gasteiger partial charge in [-0.05, 0) is 55.8 Å². The Kier molecular flexibility index (Phi) is 11.0. The maximum absolute atomic E-state index is 14.0. The molecule has 16 heteroatoms. The van der Waals surface area contributed by atoms with Gasteiger partial charge in [0, 0.05) is 75.9 Å². The van der Waals surface area contributed by atoms with Crippen molar-refractivity contribution < 1.29 is 32.3 Å². The Balaban J connectivity index is 1.09. The number of imide groups is 1. The zero-order valence-corrected chi connectivity index (χ0v) is 29.5. The number of amides is 4. The van der Waals surface area contributed by atoms with Crippen molar-refractivity contribution >= 4 is 52.2 Å². The van der Waals surface area contributed by atoms with Crippen LogP contribution in [-0.4, -0.2) is 79.6 Å². The van der Waals surface area contributed by atoms with E-state index in [1.807, 2.05) is 24.3 Å². The maximum atomic E-state index is 14.0. The highest BCUT2D eigenvalue weighted by molar-refractivity contribution is 6.05. The second-order valence-corrected chi connectivity index (χ2v) is 12.8. The summed E-state index contributed by atoms with van der Waals surface area (Å²) in [6.07, 6.45) is -0.112. The van der Waals surface area contributed by atoms with Gasteiger partial charge in [0.05, 0.1) is 35.3 Å². The fraction of sp³-hybridized carbons (Fsp3) is 0.324. The zero-order valence-electron chi connectivity index (χ0n) is 29.5. The summed E-state index contributed by atoms with van der Waals surface area (Å²) in [5, 5.41) is 10.7. The third kappa shape index (κ3) is 8.60. The third-order valence-corrected chi connectivity index (χ3v) is 9.35. The van der Waals surface area contributed by atoms with Gasteiger partial charge in [-0.3, -0.25) is 24.7 Å². The number of carbonyl (C=O) groups is 3. The Morgan fingerprint density at radius 1 is 0.962 bits per heavy atom. The number of hydrogen-bond donors (Lipinski definition) is 4. The van der Waals surface area contributed by atoms with E-state index in [0.29, 0.717) is 36.4 Å².